The van der Waals surface area contributed by atoms with Gasteiger partial charge in [0, 0.05) is 13.2 Å². The number of aliphatic hydroxyl groups excluding tert-OH is 2. The molecular formula is C5H9O2. The molecule has 2 N–H and O–H groups in total. The van der Waals surface area contributed by atoms with Gasteiger partial charge < -0.3 is 10.2 Å². The summed E-state index contributed by atoms with van der Waals surface area (Å²) in [7, 11) is 0. The minimum Gasteiger partial charge on any atom is -0.396 e. The van der Waals surface area contributed by atoms with Crippen molar-refractivity contribution in [2.45, 2.75) is 0 Å². The van der Waals surface area contributed by atoms with E-state index >= 15 is 0 Å². The van der Waals surface area contributed by atoms with E-state index < -0.39 is 0 Å². The number of aliphatic hydroxyl groups is 2. The van der Waals surface area contributed by atoms with E-state index in [1.165, 1.54) is 0 Å². The van der Waals surface area contributed by atoms with Gasteiger partial charge in [0.05, 0.1) is 0 Å². The van der Waals surface area contributed by atoms with Crippen LogP contribution >= 0.6 is 0 Å². The maximum Gasteiger partial charge on any atom is 0.0465 e. The van der Waals surface area contributed by atoms with Gasteiger partial charge in [-0.15, -0.1) is 0 Å². The lowest BCUT2D eigenvalue weighted by Gasteiger charge is -1.84. The molecule has 1 rings (SSSR count). The second kappa shape index (κ2) is 1.80. The van der Waals surface area contributed by atoms with E-state index in [2.05, 4.69) is 0 Å². The van der Waals surface area contributed by atoms with Crippen molar-refractivity contribution in [1.29, 1.82) is 0 Å². The van der Waals surface area contributed by atoms with Crippen molar-refractivity contribution in [3.05, 3.63) is 6.42 Å². The fourth-order valence-electron chi connectivity index (χ4n) is 0.646. The van der Waals surface area contributed by atoms with Gasteiger partial charge in [-0.05, 0) is 18.3 Å². The van der Waals surface area contributed by atoms with Crippen LogP contribution in [0.5, 0.6) is 0 Å². The molecule has 0 heterocycles. The summed E-state index contributed by atoms with van der Waals surface area (Å²) >= 11 is 0. The van der Waals surface area contributed by atoms with Crippen LogP contribution in [0.4, 0.5) is 0 Å². The molecule has 0 aromatic rings. The molecule has 0 bridgehead atoms. The lowest BCUT2D eigenvalue weighted by Crippen LogP contribution is -1.91. The van der Waals surface area contributed by atoms with Gasteiger partial charge in [0.2, 0.25) is 0 Å². The van der Waals surface area contributed by atoms with Crippen molar-refractivity contribution in [3.8, 4) is 0 Å². The van der Waals surface area contributed by atoms with Crippen molar-refractivity contribution in [2.24, 2.45) is 11.8 Å². The molecule has 2 heteroatoms. The van der Waals surface area contributed by atoms with Crippen LogP contribution in [0, 0.1) is 18.3 Å². The highest BCUT2D eigenvalue weighted by molar-refractivity contribution is 5.04. The van der Waals surface area contributed by atoms with Crippen LogP contribution in [0.15, 0.2) is 0 Å². The summed E-state index contributed by atoms with van der Waals surface area (Å²) in [6.07, 6.45) is 1.94. The Kier molecular flexibility index (Phi) is 1.30. The zero-order chi connectivity index (χ0) is 5.28. The van der Waals surface area contributed by atoms with Gasteiger partial charge in [-0.25, -0.2) is 0 Å². The molecule has 0 saturated heterocycles. The van der Waals surface area contributed by atoms with Crippen molar-refractivity contribution >= 4 is 0 Å². The minimum absolute atomic E-state index is 0.200. The topological polar surface area (TPSA) is 40.5 Å². The molecule has 0 aliphatic heterocycles. The summed E-state index contributed by atoms with van der Waals surface area (Å²) in [5.41, 5.74) is 0. The van der Waals surface area contributed by atoms with Gasteiger partial charge in [0.1, 0.15) is 0 Å². The minimum atomic E-state index is 0.200. The molecule has 0 aromatic carbocycles. The molecule has 1 aliphatic rings. The van der Waals surface area contributed by atoms with E-state index in [4.69, 9.17) is 10.2 Å². The fourth-order valence-corrected chi connectivity index (χ4v) is 0.646. The Bertz CT molecular complexity index is 55.1. The molecular weight excluding hydrogens is 92.1 g/mol. The molecule has 2 atom stereocenters. The van der Waals surface area contributed by atoms with Crippen LogP contribution in [0.2, 0.25) is 0 Å². The van der Waals surface area contributed by atoms with E-state index in [0.717, 1.165) is 0 Å². The molecule has 1 fully saturated rings. The SMILES string of the molecule is OCC1[CH]C1CO. The van der Waals surface area contributed by atoms with Gasteiger partial charge in [-0.2, -0.15) is 0 Å². The van der Waals surface area contributed by atoms with Crippen molar-refractivity contribution in [2.75, 3.05) is 13.2 Å². The molecule has 1 aliphatic carbocycles. The summed E-state index contributed by atoms with van der Waals surface area (Å²) in [5.74, 6) is 0.593. The van der Waals surface area contributed by atoms with E-state index in [1.54, 1.807) is 0 Å². The zero-order valence-electron chi connectivity index (χ0n) is 4.04. The lowest BCUT2D eigenvalue weighted by molar-refractivity contribution is 0.232. The third kappa shape index (κ3) is 0.924. The van der Waals surface area contributed by atoms with Gasteiger partial charge in [0.25, 0.3) is 0 Å². The molecule has 1 radical (unpaired) electrons. The first-order valence-electron chi connectivity index (χ1n) is 2.45. The molecule has 0 amide bonds. The van der Waals surface area contributed by atoms with Crippen LogP contribution in [0.3, 0.4) is 0 Å². The van der Waals surface area contributed by atoms with Crippen LogP contribution in [-0.2, 0) is 0 Å². The molecule has 0 spiro atoms. The lowest BCUT2D eigenvalue weighted by atomic mass is 10.3. The van der Waals surface area contributed by atoms with Crippen molar-refractivity contribution in [1.82, 2.24) is 0 Å². The number of hydrogen-bond donors (Lipinski definition) is 2. The normalized spacial score (nSPS) is 38.6. The highest BCUT2D eigenvalue weighted by atomic mass is 16.3. The summed E-state index contributed by atoms with van der Waals surface area (Å²) in [6.45, 7) is 0.399. The Balaban J connectivity index is 2.06. The van der Waals surface area contributed by atoms with Gasteiger partial charge in [-0.3, -0.25) is 0 Å². The monoisotopic (exact) mass is 101 g/mol. The highest BCUT2D eigenvalue weighted by Crippen LogP contribution is 2.35. The number of hydrogen-bond acceptors (Lipinski definition) is 2. The number of rotatable bonds is 2. The van der Waals surface area contributed by atoms with Crippen molar-refractivity contribution in [3.63, 3.8) is 0 Å². The second-order valence-corrected chi connectivity index (χ2v) is 1.89. The largest absolute Gasteiger partial charge is 0.396 e. The summed E-state index contributed by atoms with van der Waals surface area (Å²) in [4.78, 5) is 0. The predicted molar refractivity (Wildman–Crippen MR) is 25.5 cm³/mol. The molecule has 2 unspecified atom stereocenters. The second-order valence-electron chi connectivity index (χ2n) is 1.89. The van der Waals surface area contributed by atoms with Crippen LogP contribution < -0.4 is 0 Å². The van der Waals surface area contributed by atoms with Crippen LogP contribution in [0.25, 0.3) is 0 Å². The average molecular weight is 101 g/mol. The van der Waals surface area contributed by atoms with E-state index in [-0.39, 0.29) is 13.2 Å². The molecule has 2 nitrogen and oxygen atoms in total. The first kappa shape index (κ1) is 5.06. The quantitative estimate of drug-likeness (QED) is 0.488. The first-order valence-corrected chi connectivity index (χ1v) is 2.45. The zero-order valence-corrected chi connectivity index (χ0v) is 4.04. The summed E-state index contributed by atoms with van der Waals surface area (Å²) < 4.78 is 0. The van der Waals surface area contributed by atoms with Gasteiger partial charge in [0.15, 0.2) is 0 Å². The third-order valence-corrected chi connectivity index (χ3v) is 1.33. The maximum atomic E-state index is 8.37. The third-order valence-electron chi connectivity index (χ3n) is 1.33. The van der Waals surface area contributed by atoms with Gasteiger partial charge in [-0.1, -0.05) is 0 Å². The Hall–Kier alpha value is -0.0800. The average Bonchev–Trinajstić information content (AvgIpc) is 2.43. The fraction of sp³-hybridized carbons (Fsp3) is 0.800. The first-order chi connectivity index (χ1) is 3.38. The van der Waals surface area contributed by atoms with E-state index in [0.29, 0.717) is 11.8 Å². The standard InChI is InChI=1S/C5H9O2/c6-2-4-1-5(4)3-7/h1,4-7H,2-3H2. The molecule has 1 saturated carbocycles. The predicted octanol–water partition coefficient (Wildman–Crippen LogP) is -0.579. The van der Waals surface area contributed by atoms with Crippen LogP contribution in [-0.4, -0.2) is 23.4 Å². The Morgan fingerprint density at radius 3 is 1.71 bits per heavy atom. The maximum absolute atomic E-state index is 8.37. The Labute approximate surface area is 42.8 Å². The highest BCUT2D eigenvalue weighted by Gasteiger charge is 2.35. The molecule has 7 heavy (non-hydrogen) atoms. The van der Waals surface area contributed by atoms with Gasteiger partial charge >= 0.3 is 0 Å². The van der Waals surface area contributed by atoms with Crippen LogP contribution in [0.1, 0.15) is 0 Å². The summed E-state index contributed by atoms with van der Waals surface area (Å²) in [5, 5.41) is 16.7. The Morgan fingerprint density at radius 2 is 1.57 bits per heavy atom. The van der Waals surface area contributed by atoms with Crippen molar-refractivity contribution < 1.29 is 10.2 Å². The summed E-state index contributed by atoms with van der Waals surface area (Å²) in [6, 6.07) is 0. The smallest absolute Gasteiger partial charge is 0.0465 e. The van der Waals surface area contributed by atoms with E-state index in [1.807, 2.05) is 6.42 Å². The Morgan fingerprint density at radius 1 is 1.14 bits per heavy atom. The molecule has 41 valence electrons. The molecule has 0 aromatic heterocycles. The van der Waals surface area contributed by atoms with E-state index in [9.17, 15) is 0 Å².